The van der Waals surface area contributed by atoms with Crippen molar-refractivity contribution in [2.24, 2.45) is 0 Å². The zero-order valence-corrected chi connectivity index (χ0v) is 9.80. The van der Waals surface area contributed by atoms with E-state index in [0.717, 1.165) is 30.6 Å². The maximum atomic E-state index is 10.9. The first kappa shape index (κ1) is 12.1. The topological polar surface area (TPSA) is 26.3 Å². The number of hydrogen-bond acceptors (Lipinski definition) is 2. The molecule has 3 heteroatoms. The van der Waals surface area contributed by atoms with Crippen LogP contribution in [0.5, 0.6) is 5.75 Å². The van der Waals surface area contributed by atoms with E-state index in [2.05, 4.69) is 6.92 Å². The Morgan fingerprint density at radius 1 is 1.47 bits per heavy atom. The van der Waals surface area contributed by atoms with Crippen LogP contribution in [0.3, 0.4) is 0 Å². The van der Waals surface area contributed by atoms with Gasteiger partial charge >= 0.3 is 0 Å². The summed E-state index contributed by atoms with van der Waals surface area (Å²) in [7, 11) is 1.60. The van der Waals surface area contributed by atoms with Crippen molar-refractivity contribution in [2.45, 2.75) is 26.2 Å². The second-order valence-electron chi connectivity index (χ2n) is 3.40. The van der Waals surface area contributed by atoms with Gasteiger partial charge in [0.05, 0.1) is 7.11 Å². The number of carbonyl (C=O) groups is 1. The van der Waals surface area contributed by atoms with Crippen LogP contribution in [0, 0.1) is 0 Å². The molecule has 0 aliphatic heterocycles. The molecule has 0 heterocycles. The van der Waals surface area contributed by atoms with Gasteiger partial charge in [-0.3, -0.25) is 4.79 Å². The van der Waals surface area contributed by atoms with E-state index in [1.165, 1.54) is 0 Å². The fraction of sp³-hybridized carbons (Fsp3) is 0.417. The van der Waals surface area contributed by atoms with Crippen LogP contribution in [0.4, 0.5) is 0 Å². The molecule has 2 nitrogen and oxygen atoms in total. The van der Waals surface area contributed by atoms with Gasteiger partial charge in [0, 0.05) is 5.56 Å². The molecule has 0 saturated heterocycles. The molecular formula is C12H15ClO2. The Hall–Kier alpha value is -1.02. The van der Waals surface area contributed by atoms with E-state index in [0.29, 0.717) is 5.56 Å². The van der Waals surface area contributed by atoms with Crippen molar-refractivity contribution >= 4 is 16.8 Å². The summed E-state index contributed by atoms with van der Waals surface area (Å²) in [5.41, 5.74) is 1.61. The van der Waals surface area contributed by atoms with Crippen LogP contribution in [-0.2, 0) is 6.42 Å². The molecule has 1 aromatic rings. The molecule has 0 N–H and O–H groups in total. The Balaban J connectivity index is 2.93. The van der Waals surface area contributed by atoms with E-state index in [1.807, 2.05) is 6.07 Å². The number of unbranched alkanes of at least 4 members (excludes halogenated alkanes) is 1. The predicted octanol–water partition coefficient (Wildman–Crippen LogP) is 3.42. The molecule has 82 valence electrons. The van der Waals surface area contributed by atoms with Gasteiger partial charge in [0.25, 0.3) is 5.24 Å². The minimum atomic E-state index is -0.449. The molecule has 15 heavy (non-hydrogen) atoms. The minimum absolute atomic E-state index is 0.449. The van der Waals surface area contributed by atoms with Crippen LogP contribution in [0.2, 0.25) is 0 Å². The van der Waals surface area contributed by atoms with Gasteiger partial charge in [0.15, 0.2) is 0 Å². The van der Waals surface area contributed by atoms with Gasteiger partial charge in [-0.15, -0.1) is 0 Å². The Morgan fingerprint density at radius 3 is 2.73 bits per heavy atom. The lowest BCUT2D eigenvalue weighted by Gasteiger charge is -2.08. The van der Waals surface area contributed by atoms with E-state index >= 15 is 0 Å². The van der Waals surface area contributed by atoms with E-state index in [9.17, 15) is 4.79 Å². The predicted molar refractivity (Wildman–Crippen MR) is 61.8 cm³/mol. The first-order chi connectivity index (χ1) is 7.19. The van der Waals surface area contributed by atoms with Crippen LogP contribution in [0.1, 0.15) is 35.7 Å². The van der Waals surface area contributed by atoms with Crippen molar-refractivity contribution in [2.75, 3.05) is 7.11 Å². The Kier molecular flexibility index (Phi) is 4.63. The largest absolute Gasteiger partial charge is 0.496 e. The van der Waals surface area contributed by atoms with Gasteiger partial charge in [-0.25, -0.2) is 0 Å². The lowest BCUT2D eigenvalue weighted by molar-refractivity contribution is 0.108. The maximum absolute atomic E-state index is 10.9. The monoisotopic (exact) mass is 226 g/mol. The summed E-state index contributed by atoms with van der Waals surface area (Å²) in [6.45, 7) is 2.14. The maximum Gasteiger partial charge on any atom is 0.252 e. The van der Waals surface area contributed by atoms with E-state index < -0.39 is 5.24 Å². The Labute approximate surface area is 95.2 Å². The molecule has 0 radical (unpaired) electrons. The lowest BCUT2D eigenvalue weighted by Crippen LogP contribution is -1.96. The Bertz CT molecular complexity index is 347. The molecular weight excluding hydrogens is 212 g/mol. The van der Waals surface area contributed by atoms with Gasteiger partial charge < -0.3 is 4.74 Å². The highest BCUT2D eigenvalue weighted by Crippen LogP contribution is 2.22. The summed E-state index contributed by atoms with van der Waals surface area (Å²) in [5.74, 6) is 0.745. The van der Waals surface area contributed by atoms with Crippen LogP contribution in [0.25, 0.3) is 0 Å². The first-order valence-electron chi connectivity index (χ1n) is 5.05. The average molecular weight is 227 g/mol. The summed E-state index contributed by atoms with van der Waals surface area (Å²) >= 11 is 5.39. The van der Waals surface area contributed by atoms with Crippen molar-refractivity contribution in [1.29, 1.82) is 0 Å². The summed E-state index contributed by atoms with van der Waals surface area (Å²) in [6, 6.07) is 5.34. The fourth-order valence-corrected chi connectivity index (χ4v) is 1.56. The van der Waals surface area contributed by atoms with Gasteiger partial charge in [0.2, 0.25) is 0 Å². The molecule has 1 aromatic carbocycles. The van der Waals surface area contributed by atoms with Crippen molar-refractivity contribution in [3.63, 3.8) is 0 Å². The highest BCUT2D eigenvalue weighted by molar-refractivity contribution is 6.67. The molecule has 1 rings (SSSR count). The molecule has 0 fully saturated rings. The molecule has 0 spiro atoms. The third-order valence-corrected chi connectivity index (χ3v) is 2.53. The lowest BCUT2D eigenvalue weighted by atomic mass is 10.1. The molecule has 0 atom stereocenters. The average Bonchev–Trinajstić information content (AvgIpc) is 2.25. The van der Waals surface area contributed by atoms with Gasteiger partial charge in [-0.05, 0) is 42.1 Å². The summed E-state index contributed by atoms with van der Waals surface area (Å²) in [4.78, 5) is 10.9. The van der Waals surface area contributed by atoms with Crippen molar-refractivity contribution in [1.82, 2.24) is 0 Å². The molecule has 0 amide bonds. The van der Waals surface area contributed by atoms with Crippen molar-refractivity contribution < 1.29 is 9.53 Å². The number of halogens is 1. The Morgan fingerprint density at radius 2 is 2.20 bits per heavy atom. The van der Waals surface area contributed by atoms with E-state index in [-0.39, 0.29) is 0 Å². The van der Waals surface area contributed by atoms with E-state index in [1.54, 1.807) is 19.2 Å². The number of carbonyl (C=O) groups excluding carboxylic acids is 1. The van der Waals surface area contributed by atoms with Crippen LogP contribution >= 0.6 is 11.6 Å². The second-order valence-corrected chi connectivity index (χ2v) is 3.75. The number of hydrogen-bond donors (Lipinski definition) is 0. The number of methoxy groups -OCH3 is 1. The van der Waals surface area contributed by atoms with Crippen molar-refractivity contribution in [3.8, 4) is 5.75 Å². The SMILES string of the molecule is CCCCc1ccc(C(=O)Cl)cc1OC. The smallest absolute Gasteiger partial charge is 0.252 e. The van der Waals surface area contributed by atoms with E-state index in [4.69, 9.17) is 16.3 Å². The molecule has 0 aliphatic rings. The molecule has 0 aromatic heterocycles. The van der Waals surface area contributed by atoms with Gasteiger partial charge in [-0.1, -0.05) is 19.4 Å². The fourth-order valence-electron chi connectivity index (χ4n) is 1.44. The van der Waals surface area contributed by atoms with Gasteiger partial charge in [0.1, 0.15) is 5.75 Å². The molecule has 0 bridgehead atoms. The number of benzene rings is 1. The zero-order chi connectivity index (χ0) is 11.3. The summed E-state index contributed by atoms with van der Waals surface area (Å²) < 4.78 is 5.22. The minimum Gasteiger partial charge on any atom is -0.496 e. The van der Waals surface area contributed by atoms with Crippen LogP contribution in [0.15, 0.2) is 18.2 Å². The quantitative estimate of drug-likeness (QED) is 0.720. The first-order valence-corrected chi connectivity index (χ1v) is 5.43. The third kappa shape index (κ3) is 3.24. The van der Waals surface area contributed by atoms with Crippen molar-refractivity contribution in [3.05, 3.63) is 29.3 Å². The van der Waals surface area contributed by atoms with Crippen LogP contribution < -0.4 is 4.74 Å². The third-order valence-electron chi connectivity index (χ3n) is 2.31. The highest BCUT2D eigenvalue weighted by atomic mass is 35.5. The number of ether oxygens (including phenoxy) is 1. The van der Waals surface area contributed by atoms with Crippen LogP contribution in [-0.4, -0.2) is 12.4 Å². The molecule has 0 aliphatic carbocycles. The van der Waals surface area contributed by atoms with Gasteiger partial charge in [-0.2, -0.15) is 0 Å². The molecule has 0 unspecified atom stereocenters. The zero-order valence-electron chi connectivity index (χ0n) is 9.05. The normalized spacial score (nSPS) is 10.1. The standard InChI is InChI=1S/C12H15ClO2/c1-3-4-5-9-6-7-10(12(13)14)8-11(9)15-2/h6-8H,3-5H2,1-2H3. The molecule has 0 saturated carbocycles. The summed E-state index contributed by atoms with van der Waals surface area (Å²) in [5, 5.41) is -0.449. The number of rotatable bonds is 5. The number of aryl methyl sites for hydroxylation is 1. The second kappa shape index (κ2) is 5.76. The summed E-state index contributed by atoms with van der Waals surface area (Å²) in [6.07, 6.45) is 3.22. The highest BCUT2D eigenvalue weighted by Gasteiger charge is 2.07.